The van der Waals surface area contributed by atoms with E-state index in [1.54, 1.807) is 6.20 Å². The molecule has 1 aromatic rings. The maximum atomic E-state index is 10.2. The number of nitrogens with zero attached hydrogens (tertiary/aromatic N) is 1. The lowest BCUT2D eigenvalue weighted by Gasteiger charge is -2.18. The Balaban J connectivity index is 2.02. The molecule has 2 atom stereocenters. The van der Waals surface area contributed by atoms with Gasteiger partial charge in [-0.05, 0) is 18.6 Å². The molecule has 0 saturated heterocycles. The van der Waals surface area contributed by atoms with Crippen molar-refractivity contribution >= 4 is 0 Å². The summed E-state index contributed by atoms with van der Waals surface area (Å²) in [7, 11) is 0. The SMILES string of the molecule is CCCCCCCCCCCC(O)C(C)c1ccccn1. The van der Waals surface area contributed by atoms with Gasteiger partial charge in [0.1, 0.15) is 0 Å². The molecule has 0 amide bonds. The Bertz CT molecular complexity index is 339. The van der Waals surface area contributed by atoms with Crippen molar-refractivity contribution in [3.8, 4) is 0 Å². The number of rotatable bonds is 12. The zero-order chi connectivity index (χ0) is 15.3. The predicted molar refractivity (Wildman–Crippen MR) is 90.5 cm³/mol. The van der Waals surface area contributed by atoms with E-state index in [0.29, 0.717) is 0 Å². The number of pyridine rings is 1. The van der Waals surface area contributed by atoms with Gasteiger partial charge in [-0.25, -0.2) is 0 Å². The van der Waals surface area contributed by atoms with E-state index < -0.39 is 0 Å². The van der Waals surface area contributed by atoms with E-state index in [1.165, 1.54) is 51.4 Å². The van der Waals surface area contributed by atoms with E-state index in [1.807, 2.05) is 18.2 Å². The second kappa shape index (κ2) is 11.7. The molecule has 21 heavy (non-hydrogen) atoms. The van der Waals surface area contributed by atoms with Crippen LogP contribution in [0.4, 0.5) is 0 Å². The summed E-state index contributed by atoms with van der Waals surface area (Å²) in [5, 5.41) is 10.2. The second-order valence-electron chi connectivity index (χ2n) is 6.23. The smallest absolute Gasteiger partial charge is 0.0621 e. The van der Waals surface area contributed by atoms with Gasteiger partial charge in [0.15, 0.2) is 0 Å². The largest absolute Gasteiger partial charge is 0.392 e. The highest BCUT2D eigenvalue weighted by atomic mass is 16.3. The van der Waals surface area contributed by atoms with E-state index in [4.69, 9.17) is 0 Å². The fraction of sp³-hybridized carbons (Fsp3) is 0.737. The van der Waals surface area contributed by atoms with Gasteiger partial charge in [-0.3, -0.25) is 4.98 Å². The van der Waals surface area contributed by atoms with E-state index in [2.05, 4.69) is 18.8 Å². The van der Waals surface area contributed by atoms with Crippen LogP contribution in [0.5, 0.6) is 0 Å². The van der Waals surface area contributed by atoms with E-state index in [9.17, 15) is 5.11 Å². The monoisotopic (exact) mass is 291 g/mol. The van der Waals surface area contributed by atoms with Gasteiger partial charge in [-0.1, -0.05) is 77.7 Å². The maximum Gasteiger partial charge on any atom is 0.0621 e. The molecule has 0 aliphatic carbocycles. The third kappa shape index (κ3) is 8.21. The standard InChI is InChI=1S/C19H33NO/c1-3-4-5-6-7-8-9-10-11-15-19(21)17(2)18-14-12-13-16-20-18/h12-14,16-17,19,21H,3-11,15H2,1-2H3. The molecule has 0 aromatic carbocycles. The van der Waals surface area contributed by atoms with Gasteiger partial charge in [0.2, 0.25) is 0 Å². The maximum absolute atomic E-state index is 10.2. The Labute approximate surface area is 131 Å². The quantitative estimate of drug-likeness (QED) is 0.518. The predicted octanol–water partition coefficient (Wildman–Crippen LogP) is 5.47. The first-order valence-electron chi connectivity index (χ1n) is 8.84. The minimum Gasteiger partial charge on any atom is -0.392 e. The summed E-state index contributed by atoms with van der Waals surface area (Å²) in [4.78, 5) is 4.33. The van der Waals surface area contributed by atoms with Crippen molar-refractivity contribution in [2.75, 3.05) is 0 Å². The van der Waals surface area contributed by atoms with Crippen molar-refractivity contribution in [2.24, 2.45) is 0 Å². The molecule has 1 heterocycles. The van der Waals surface area contributed by atoms with Crippen LogP contribution in [-0.4, -0.2) is 16.2 Å². The van der Waals surface area contributed by atoms with Crippen LogP contribution in [0.1, 0.15) is 89.7 Å². The van der Waals surface area contributed by atoms with E-state index in [0.717, 1.165) is 18.5 Å². The Hall–Kier alpha value is -0.890. The number of hydrogen-bond donors (Lipinski definition) is 1. The highest BCUT2D eigenvalue weighted by Crippen LogP contribution is 2.21. The molecule has 0 saturated carbocycles. The van der Waals surface area contributed by atoms with Crippen LogP contribution in [0, 0.1) is 0 Å². The minimum absolute atomic E-state index is 0.139. The Morgan fingerprint density at radius 3 is 2.14 bits per heavy atom. The first-order valence-corrected chi connectivity index (χ1v) is 8.84. The third-order valence-corrected chi connectivity index (χ3v) is 4.33. The molecule has 2 nitrogen and oxygen atoms in total. The molecule has 0 radical (unpaired) electrons. The summed E-state index contributed by atoms with van der Waals surface area (Å²) in [5.74, 6) is 0.139. The molecule has 120 valence electrons. The number of hydrogen-bond acceptors (Lipinski definition) is 2. The number of unbranched alkanes of at least 4 members (excludes halogenated alkanes) is 8. The molecule has 1 rings (SSSR count). The van der Waals surface area contributed by atoms with Crippen molar-refractivity contribution in [1.29, 1.82) is 0 Å². The van der Waals surface area contributed by atoms with Crippen LogP contribution in [-0.2, 0) is 0 Å². The topological polar surface area (TPSA) is 33.1 Å². The van der Waals surface area contributed by atoms with Crippen molar-refractivity contribution in [3.63, 3.8) is 0 Å². The average Bonchev–Trinajstić information content (AvgIpc) is 2.53. The van der Waals surface area contributed by atoms with Crippen LogP contribution in [0.2, 0.25) is 0 Å². The van der Waals surface area contributed by atoms with Crippen LogP contribution in [0.15, 0.2) is 24.4 Å². The summed E-state index contributed by atoms with van der Waals surface area (Å²) in [6.45, 7) is 4.33. The van der Waals surface area contributed by atoms with Gasteiger partial charge in [0.25, 0.3) is 0 Å². The minimum atomic E-state index is -0.260. The molecule has 0 bridgehead atoms. The van der Waals surface area contributed by atoms with Gasteiger partial charge in [-0.15, -0.1) is 0 Å². The lowest BCUT2D eigenvalue weighted by molar-refractivity contribution is 0.134. The normalized spacial score (nSPS) is 14.0. The summed E-state index contributed by atoms with van der Waals surface area (Å²) in [6, 6.07) is 5.91. The lowest BCUT2D eigenvalue weighted by Crippen LogP contribution is -2.16. The Morgan fingerprint density at radius 1 is 0.952 bits per heavy atom. The van der Waals surface area contributed by atoms with Crippen LogP contribution < -0.4 is 0 Å². The molecule has 0 aliphatic rings. The summed E-state index contributed by atoms with van der Waals surface area (Å²) >= 11 is 0. The highest BCUT2D eigenvalue weighted by molar-refractivity contribution is 5.09. The molecule has 1 aromatic heterocycles. The Morgan fingerprint density at radius 2 is 1.57 bits per heavy atom. The van der Waals surface area contributed by atoms with Crippen LogP contribution >= 0.6 is 0 Å². The summed E-state index contributed by atoms with van der Waals surface area (Å²) < 4.78 is 0. The van der Waals surface area contributed by atoms with Gasteiger partial charge in [0, 0.05) is 17.8 Å². The molecule has 0 fully saturated rings. The number of aliphatic hydroxyl groups is 1. The first-order chi connectivity index (χ1) is 10.3. The molecule has 0 aliphatic heterocycles. The highest BCUT2D eigenvalue weighted by Gasteiger charge is 2.16. The first kappa shape index (κ1) is 18.2. The molecule has 1 N–H and O–H groups in total. The van der Waals surface area contributed by atoms with E-state index in [-0.39, 0.29) is 12.0 Å². The van der Waals surface area contributed by atoms with Gasteiger partial charge < -0.3 is 5.11 Å². The van der Waals surface area contributed by atoms with Crippen molar-refractivity contribution in [1.82, 2.24) is 4.98 Å². The average molecular weight is 291 g/mol. The third-order valence-electron chi connectivity index (χ3n) is 4.33. The molecule has 0 spiro atoms. The van der Waals surface area contributed by atoms with Gasteiger partial charge in [-0.2, -0.15) is 0 Å². The zero-order valence-corrected chi connectivity index (χ0v) is 13.9. The van der Waals surface area contributed by atoms with Crippen LogP contribution in [0.25, 0.3) is 0 Å². The summed E-state index contributed by atoms with van der Waals surface area (Å²) in [5.41, 5.74) is 1.00. The fourth-order valence-electron chi connectivity index (χ4n) is 2.76. The van der Waals surface area contributed by atoms with Crippen molar-refractivity contribution in [3.05, 3.63) is 30.1 Å². The summed E-state index contributed by atoms with van der Waals surface area (Å²) in [6.07, 6.45) is 14.4. The van der Waals surface area contributed by atoms with Crippen molar-refractivity contribution < 1.29 is 5.11 Å². The lowest BCUT2D eigenvalue weighted by atomic mass is 9.95. The Kier molecular flexibility index (Phi) is 10.1. The molecule has 2 heteroatoms. The van der Waals surface area contributed by atoms with Gasteiger partial charge >= 0.3 is 0 Å². The fourth-order valence-corrected chi connectivity index (χ4v) is 2.76. The number of aliphatic hydroxyl groups excluding tert-OH is 1. The zero-order valence-electron chi connectivity index (χ0n) is 13.9. The van der Waals surface area contributed by atoms with Crippen LogP contribution in [0.3, 0.4) is 0 Å². The molecular formula is C19H33NO. The van der Waals surface area contributed by atoms with Gasteiger partial charge in [0.05, 0.1) is 6.10 Å². The second-order valence-corrected chi connectivity index (χ2v) is 6.23. The van der Waals surface area contributed by atoms with Crippen molar-refractivity contribution in [2.45, 2.75) is 90.1 Å². The molecule has 2 unspecified atom stereocenters. The number of aromatic nitrogens is 1. The molecular weight excluding hydrogens is 258 g/mol. The van der Waals surface area contributed by atoms with E-state index >= 15 is 0 Å².